The van der Waals surface area contributed by atoms with Gasteiger partial charge in [-0.15, -0.1) is 0 Å². The van der Waals surface area contributed by atoms with Gasteiger partial charge < -0.3 is 0 Å². The smallest absolute Gasteiger partial charge is 0 e. The van der Waals surface area contributed by atoms with Gasteiger partial charge in [0.1, 0.15) is 0 Å². The molecule has 0 amide bonds. The minimum absolute atomic E-state index is 0. The predicted molar refractivity (Wildman–Crippen MR) is 59.3 cm³/mol. The normalized spacial score (nSPS) is 13.5. The maximum atomic E-state index is 2.12. The van der Waals surface area contributed by atoms with Crippen molar-refractivity contribution >= 4 is 0 Å². The zero-order chi connectivity index (χ0) is 7.07. The molecule has 1 heteroatoms. The van der Waals surface area contributed by atoms with Crippen LogP contribution < -0.4 is 0 Å². The Morgan fingerprint density at radius 3 is 0.846 bits per heavy atom. The van der Waals surface area contributed by atoms with Crippen molar-refractivity contribution in [3.8, 4) is 0 Å². The Labute approximate surface area is 98.0 Å². The quantitative estimate of drug-likeness (QED) is 0.526. The van der Waals surface area contributed by atoms with Crippen LogP contribution in [0.4, 0.5) is 0 Å². The van der Waals surface area contributed by atoms with Crippen LogP contribution in [0, 0.1) is 0 Å². The van der Waals surface area contributed by atoms with Crippen LogP contribution in [-0.2, 0) is 21.7 Å². The molecular formula is C12H20Ti. The van der Waals surface area contributed by atoms with Crippen LogP contribution in [0.1, 0.15) is 27.7 Å². The molecule has 0 aromatic carbocycles. The maximum Gasteiger partial charge on any atom is 0 e. The van der Waals surface area contributed by atoms with Gasteiger partial charge in [0.15, 0.2) is 0 Å². The van der Waals surface area contributed by atoms with E-state index in [9.17, 15) is 0 Å². The van der Waals surface area contributed by atoms with E-state index in [4.69, 9.17) is 0 Å². The topological polar surface area (TPSA) is 0 Å². The second kappa shape index (κ2) is 14.2. The molecule has 0 spiro atoms. The third kappa shape index (κ3) is 11.7. The summed E-state index contributed by atoms with van der Waals surface area (Å²) in [6.07, 6.45) is 19.0. The van der Waals surface area contributed by atoms with Crippen LogP contribution in [0.3, 0.4) is 0 Å². The van der Waals surface area contributed by atoms with E-state index >= 15 is 0 Å². The van der Waals surface area contributed by atoms with Crippen molar-refractivity contribution in [2.24, 2.45) is 0 Å². The Hall–Kier alpha value is -0.326. The van der Waals surface area contributed by atoms with Crippen LogP contribution in [0.15, 0.2) is 48.6 Å². The first-order valence-corrected chi connectivity index (χ1v) is 3.63. The average Bonchev–Trinajstić information content (AvgIpc) is 2.67. The van der Waals surface area contributed by atoms with Gasteiger partial charge in [0.25, 0.3) is 0 Å². The largest absolute Gasteiger partial charge is 0.0808 e. The van der Waals surface area contributed by atoms with Crippen LogP contribution in [0.25, 0.3) is 0 Å². The molecule has 13 heavy (non-hydrogen) atoms. The molecule has 0 bridgehead atoms. The van der Waals surface area contributed by atoms with Crippen molar-refractivity contribution in [1.82, 2.24) is 0 Å². The molecular weight excluding hydrogens is 192 g/mol. The molecule has 0 saturated carbocycles. The number of hydrogen-bond acceptors (Lipinski definition) is 0. The molecule has 0 aliphatic heterocycles. The summed E-state index contributed by atoms with van der Waals surface area (Å²) in [5.74, 6) is 0. The van der Waals surface area contributed by atoms with Gasteiger partial charge in [0.05, 0.1) is 0 Å². The van der Waals surface area contributed by atoms with Crippen LogP contribution in [0.2, 0.25) is 0 Å². The van der Waals surface area contributed by atoms with E-state index in [0.29, 0.717) is 0 Å². The van der Waals surface area contributed by atoms with Gasteiger partial charge in [-0.05, 0) is 12.8 Å². The Bertz CT molecular complexity index is 143. The first kappa shape index (κ1) is 18.5. The number of hydrogen-bond donors (Lipinski definition) is 0. The summed E-state index contributed by atoms with van der Waals surface area (Å²) in [7, 11) is 0. The summed E-state index contributed by atoms with van der Waals surface area (Å²) in [6, 6.07) is 0. The van der Waals surface area contributed by atoms with E-state index in [1.165, 1.54) is 0 Å². The summed E-state index contributed by atoms with van der Waals surface area (Å²) >= 11 is 0. The Balaban J connectivity index is -0.000000125. The van der Waals surface area contributed by atoms with Crippen molar-refractivity contribution in [2.45, 2.75) is 27.7 Å². The number of rotatable bonds is 0. The van der Waals surface area contributed by atoms with Gasteiger partial charge >= 0.3 is 0 Å². The fourth-order valence-electron chi connectivity index (χ4n) is 0.786. The minimum Gasteiger partial charge on any atom is -0.0808 e. The van der Waals surface area contributed by atoms with Crippen molar-refractivity contribution in [3.63, 3.8) is 0 Å². The molecule has 0 nitrogen and oxygen atoms in total. The molecule has 2 rings (SSSR count). The fourth-order valence-corrected chi connectivity index (χ4v) is 0.786. The third-order valence-electron chi connectivity index (χ3n) is 1.31. The average molecular weight is 212 g/mol. The van der Waals surface area contributed by atoms with Crippen molar-refractivity contribution < 1.29 is 21.7 Å². The molecule has 0 radical (unpaired) electrons. The van der Waals surface area contributed by atoms with Gasteiger partial charge in [0, 0.05) is 21.7 Å². The molecule has 0 aromatic rings. The monoisotopic (exact) mass is 212 g/mol. The van der Waals surface area contributed by atoms with Crippen molar-refractivity contribution in [2.75, 3.05) is 0 Å². The van der Waals surface area contributed by atoms with E-state index < -0.39 is 0 Å². The minimum atomic E-state index is 0. The Morgan fingerprint density at radius 2 is 0.769 bits per heavy atom. The predicted octanol–water partition coefficient (Wildman–Crippen LogP) is 4.27. The summed E-state index contributed by atoms with van der Waals surface area (Å²) in [5, 5.41) is 0. The molecule has 2 aliphatic rings. The summed E-state index contributed by atoms with van der Waals surface area (Å²) in [6.45, 7) is 0. The molecule has 0 saturated heterocycles. The van der Waals surface area contributed by atoms with E-state index in [0.717, 1.165) is 12.8 Å². The first-order valence-electron chi connectivity index (χ1n) is 3.63. The number of allylic oxidation sites excluding steroid dienone is 8. The van der Waals surface area contributed by atoms with Crippen molar-refractivity contribution in [3.05, 3.63) is 48.6 Å². The summed E-state index contributed by atoms with van der Waals surface area (Å²) in [5.41, 5.74) is 0. The summed E-state index contributed by atoms with van der Waals surface area (Å²) < 4.78 is 0. The van der Waals surface area contributed by atoms with Gasteiger partial charge in [-0.2, -0.15) is 0 Å². The van der Waals surface area contributed by atoms with E-state index in [-0.39, 0.29) is 36.6 Å². The summed E-state index contributed by atoms with van der Waals surface area (Å²) in [4.78, 5) is 0. The van der Waals surface area contributed by atoms with Crippen LogP contribution in [-0.4, -0.2) is 0 Å². The van der Waals surface area contributed by atoms with Gasteiger partial charge in [-0.1, -0.05) is 63.5 Å². The maximum absolute atomic E-state index is 2.12. The molecule has 0 fully saturated rings. The molecule has 2 aliphatic carbocycles. The van der Waals surface area contributed by atoms with E-state index in [1.54, 1.807) is 0 Å². The van der Waals surface area contributed by atoms with Gasteiger partial charge in [0.2, 0.25) is 0 Å². The molecule has 0 atom stereocenters. The Kier molecular flexibility index (Phi) is 20.2. The second-order valence-corrected chi connectivity index (χ2v) is 2.18. The van der Waals surface area contributed by atoms with Crippen LogP contribution in [0.5, 0.6) is 0 Å². The van der Waals surface area contributed by atoms with Crippen LogP contribution >= 0.6 is 0 Å². The molecule has 0 aromatic heterocycles. The first-order chi connectivity index (χ1) is 5.00. The SMILES string of the molecule is C.C.C1=CCC=C1.C1=CCC=C1.[Ti]. The third-order valence-corrected chi connectivity index (χ3v) is 1.31. The molecule has 0 unspecified atom stereocenters. The van der Waals surface area contributed by atoms with E-state index in [1.807, 2.05) is 0 Å². The zero-order valence-electron chi connectivity index (χ0n) is 6.53. The molecule has 0 N–H and O–H groups in total. The molecule has 0 heterocycles. The molecule has 72 valence electrons. The Morgan fingerprint density at radius 1 is 0.538 bits per heavy atom. The second-order valence-electron chi connectivity index (χ2n) is 2.18. The standard InChI is InChI=1S/2C5H6.2CH4.Ti/c2*1-2-4-5-3-1;;;/h2*1-4H,5H2;2*1H4;. The fraction of sp³-hybridized carbons (Fsp3) is 0.333. The zero-order valence-corrected chi connectivity index (χ0v) is 8.09. The van der Waals surface area contributed by atoms with Gasteiger partial charge in [-0.25, -0.2) is 0 Å². The van der Waals surface area contributed by atoms with Gasteiger partial charge in [-0.3, -0.25) is 0 Å². The van der Waals surface area contributed by atoms with Crippen molar-refractivity contribution in [1.29, 1.82) is 0 Å². The van der Waals surface area contributed by atoms with E-state index in [2.05, 4.69) is 48.6 Å².